The lowest BCUT2D eigenvalue weighted by atomic mass is 9.86. The number of benzene rings is 1. The molecule has 116 valence electrons. The third kappa shape index (κ3) is 4.83. The van der Waals surface area contributed by atoms with Crippen molar-refractivity contribution in [2.45, 2.75) is 38.3 Å². The Balaban J connectivity index is 1.85. The number of amides is 1. The van der Waals surface area contributed by atoms with Crippen LogP contribution in [0.5, 0.6) is 0 Å². The molecule has 0 spiro atoms. The number of carbonyl (C=O) groups excluding carboxylic acids is 1. The molecule has 2 rings (SSSR count). The summed E-state index contributed by atoms with van der Waals surface area (Å²) in [6.45, 7) is 1.44. The first kappa shape index (κ1) is 16.0. The van der Waals surface area contributed by atoms with Gasteiger partial charge >= 0.3 is 0 Å². The highest BCUT2D eigenvalue weighted by molar-refractivity contribution is 5.94. The lowest BCUT2D eigenvalue weighted by Crippen LogP contribution is -2.36. The number of aliphatic hydroxyl groups is 1. The Morgan fingerprint density at radius 2 is 1.90 bits per heavy atom. The number of nitrogens with one attached hydrogen (secondary N) is 1. The molecular weight excluding hydrogens is 264 g/mol. The van der Waals surface area contributed by atoms with Crippen molar-refractivity contribution >= 4 is 5.91 Å². The molecule has 0 aromatic heterocycles. The molecule has 1 saturated carbocycles. The van der Waals surface area contributed by atoms with Gasteiger partial charge < -0.3 is 15.3 Å². The number of aliphatic hydroxyl groups excluding tert-OH is 1. The summed E-state index contributed by atoms with van der Waals surface area (Å²) in [6.07, 6.45) is 3.85. The zero-order chi connectivity index (χ0) is 15.2. The Bertz CT molecular complexity index is 456. The molecule has 4 heteroatoms. The van der Waals surface area contributed by atoms with E-state index >= 15 is 0 Å². The lowest BCUT2D eigenvalue weighted by Gasteiger charge is -2.27. The molecule has 2 N–H and O–H groups in total. The number of hydrogen-bond donors (Lipinski definition) is 2. The molecule has 1 aromatic carbocycles. The molecular formula is C17H26N2O2. The number of nitrogens with zero attached hydrogens (tertiary/aromatic N) is 1. The van der Waals surface area contributed by atoms with Gasteiger partial charge in [-0.05, 0) is 44.6 Å². The summed E-state index contributed by atoms with van der Waals surface area (Å²) >= 11 is 0. The Kier molecular flexibility index (Phi) is 5.76. The standard InChI is InChI=1S/C17H26N2O2/c1-19(2)12-13-7-9-14(10-8-13)17(21)18-11-15-5-3-4-6-16(15)20/h7-10,15-16,20H,3-6,11-12H2,1-2H3,(H,18,21). The summed E-state index contributed by atoms with van der Waals surface area (Å²) in [5, 5.41) is 12.9. The summed E-state index contributed by atoms with van der Waals surface area (Å²) in [4.78, 5) is 14.2. The Morgan fingerprint density at radius 1 is 1.24 bits per heavy atom. The van der Waals surface area contributed by atoms with Crippen LogP contribution in [0.15, 0.2) is 24.3 Å². The van der Waals surface area contributed by atoms with Crippen LogP contribution in [0.4, 0.5) is 0 Å². The van der Waals surface area contributed by atoms with Gasteiger partial charge in [-0.1, -0.05) is 25.0 Å². The third-order valence-electron chi connectivity index (χ3n) is 4.11. The van der Waals surface area contributed by atoms with Crippen LogP contribution in [0, 0.1) is 5.92 Å². The number of carbonyl (C=O) groups is 1. The number of hydrogen-bond acceptors (Lipinski definition) is 3. The van der Waals surface area contributed by atoms with E-state index in [1.165, 1.54) is 5.56 Å². The minimum Gasteiger partial charge on any atom is -0.393 e. The van der Waals surface area contributed by atoms with Gasteiger partial charge in [0.25, 0.3) is 5.91 Å². The monoisotopic (exact) mass is 290 g/mol. The quantitative estimate of drug-likeness (QED) is 0.872. The zero-order valence-corrected chi connectivity index (χ0v) is 13.0. The smallest absolute Gasteiger partial charge is 0.251 e. The van der Waals surface area contributed by atoms with Crippen molar-refractivity contribution < 1.29 is 9.90 Å². The van der Waals surface area contributed by atoms with Crippen LogP contribution >= 0.6 is 0 Å². The summed E-state index contributed by atoms with van der Waals surface area (Å²) in [5.41, 5.74) is 1.88. The summed E-state index contributed by atoms with van der Waals surface area (Å²) in [6, 6.07) is 7.71. The van der Waals surface area contributed by atoms with Crippen LogP contribution < -0.4 is 5.32 Å². The fraction of sp³-hybridized carbons (Fsp3) is 0.588. The first-order valence-corrected chi connectivity index (χ1v) is 7.76. The molecule has 1 amide bonds. The van der Waals surface area contributed by atoms with E-state index < -0.39 is 0 Å². The molecule has 0 saturated heterocycles. The van der Waals surface area contributed by atoms with Crippen molar-refractivity contribution in [1.82, 2.24) is 10.2 Å². The summed E-state index contributed by atoms with van der Waals surface area (Å²) in [7, 11) is 4.05. The Morgan fingerprint density at radius 3 is 2.52 bits per heavy atom. The van der Waals surface area contributed by atoms with E-state index in [1.54, 1.807) is 0 Å². The molecule has 2 atom stereocenters. The van der Waals surface area contributed by atoms with E-state index in [-0.39, 0.29) is 17.9 Å². The van der Waals surface area contributed by atoms with E-state index in [0.717, 1.165) is 32.2 Å². The van der Waals surface area contributed by atoms with Gasteiger partial charge in [0.15, 0.2) is 0 Å². The van der Waals surface area contributed by atoms with Crippen LogP contribution in [0.3, 0.4) is 0 Å². The van der Waals surface area contributed by atoms with E-state index in [4.69, 9.17) is 0 Å². The largest absolute Gasteiger partial charge is 0.393 e. The van der Waals surface area contributed by atoms with Crippen LogP contribution in [0.25, 0.3) is 0 Å². The van der Waals surface area contributed by atoms with Crippen molar-refractivity contribution in [3.8, 4) is 0 Å². The van der Waals surface area contributed by atoms with E-state index in [1.807, 2.05) is 38.4 Å². The Labute approximate surface area is 127 Å². The fourth-order valence-corrected chi connectivity index (χ4v) is 2.88. The molecule has 1 aliphatic rings. The minimum atomic E-state index is -0.262. The van der Waals surface area contributed by atoms with Gasteiger partial charge in [-0.3, -0.25) is 4.79 Å². The SMILES string of the molecule is CN(C)Cc1ccc(C(=O)NCC2CCCCC2O)cc1. The molecule has 1 fully saturated rings. The summed E-state index contributed by atoms with van der Waals surface area (Å²) in [5.74, 6) is 0.153. The first-order valence-electron chi connectivity index (χ1n) is 7.76. The van der Waals surface area contributed by atoms with Crippen LogP contribution in [0.1, 0.15) is 41.6 Å². The van der Waals surface area contributed by atoms with Crippen molar-refractivity contribution in [3.63, 3.8) is 0 Å². The molecule has 21 heavy (non-hydrogen) atoms. The zero-order valence-electron chi connectivity index (χ0n) is 13.0. The molecule has 1 aliphatic carbocycles. The number of rotatable bonds is 5. The maximum absolute atomic E-state index is 12.1. The van der Waals surface area contributed by atoms with Gasteiger partial charge in [0.05, 0.1) is 6.10 Å². The maximum Gasteiger partial charge on any atom is 0.251 e. The fourth-order valence-electron chi connectivity index (χ4n) is 2.88. The highest BCUT2D eigenvalue weighted by Crippen LogP contribution is 2.23. The minimum absolute atomic E-state index is 0.0517. The molecule has 1 aromatic rings. The van der Waals surface area contributed by atoms with Gasteiger partial charge in [-0.25, -0.2) is 0 Å². The Hall–Kier alpha value is -1.39. The van der Waals surface area contributed by atoms with Crippen LogP contribution in [-0.4, -0.2) is 42.7 Å². The van der Waals surface area contributed by atoms with Gasteiger partial charge in [-0.15, -0.1) is 0 Å². The molecule has 4 nitrogen and oxygen atoms in total. The van der Waals surface area contributed by atoms with E-state index in [2.05, 4.69) is 10.2 Å². The van der Waals surface area contributed by atoms with Crippen molar-refractivity contribution in [3.05, 3.63) is 35.4 Å². The van der Waals surface area contributed by atoms with Gasteiger partial charge in [0.1, 0.15) is 0 Å². The predicted molar refractivity (Wildman–Crippen MR) is 84.1 cm³/mol. The lowest BCUT2D eigenvalue weighted by molar-refractivity contribution is 0.0663. The van der Waals surface area contributed by atoms with E-state index in [0.29, 0.717) is 12.1 Å². The maximum atomic E-state index is 12.1. The van der Waals surface area contributed by atoms with Gasteiger partial charge in [0.2, 0.25) is 0 Å². The summed E-state index contributed by atoms with van der Waals surface area (Å²) < 4.78 is 0. The first-order chi connectivity index (χ1) is 10.1. The predicted octanol–water partition coefficient (Wildman–Crippen LogP) is 2.03. The highest BCUT2D eigenvalue weighted by Gasteiger charge is 2.23. The highest BCUT2D eigenvalue weighted by atomic mass is 16.3. The van der Waals surface area contributed by atoms with Gasteiger partial charge in [0, 0.05) is 24.6 Å². The molecule has 0 aliphatic heterocycles. The second kappa shape index (κ2) is 7.57. The average Bonchev–Trinajstić information content (AvgIpc) is 2.46. The van der Waals surface area contributed by atoms with Crippen molar-refractivity contribution in [2.24, 2.45) is 5.92 Å². The van der Waals surface area contributed by atoms with E-state index in [9.17, 15) is 9.90 Å². The van der Waals surface area contributed by atoms with Crippen LogP contribution in [-0.2, 0) is 6.54 Å². The second-order valence-corrected chi connectivity index (χ2v) is 6.26. The normalized spacial score (nSPS) is 22.3. The average molecular weight is 290 g/mol. The topological polar surface area (TPSA) is 52.6 Å². The molecule has 0 bridgehead atoms. The van der Waals surface area contributed by atoms with Crippen molar-refractivity contribution in [1.29, 1.82) is 0 Å². The third-order valence-corrected chi connectivity index (χ3v) is 4.11. The molecule has 0 heterocycles. The van der Waals surface area contributed by atoms with Gasteiger partial charge in [-0.2, -0.15) is 0 Å². The molecule has 0 radical (unpaired) electrons. The second-order valence-electron chi connectivity index (χ2n) is 6.26. The van der Waals surface area contributed by atoms with Crippen LogP contribution in [0.2, 0.25) is 0 Å². The van der Waals surface area contributed by atoms with Crippen molar-refractivity contribution in [2.75, 3.05) is 20.6 Å². The molecule has 2 unspecified atom stereocenters.